The van der Waals surface area contributed by atoms with Gasteiger partial charge in [-0.1, -0.05) is 0 Å². The van der Waals surface area contributed by atoms with Crippen LogP contribution in [0.5, 0.6) is 0 Å². The molecule has 1 unspecified atom stereocenters. The lowest BCUT2D eigenvalue weighted by molar-refractivity contribution is 0.601. The molecular weight excluding hydrogens is 132 g/mol. The molecule has 0 aliphatic heterocycles. The summed E-state index contributed by atoms with van der Waals surface area (Å²) in [5.74, 6) is 0. The molecule has 1 radical (unpaired) electrons. The Kier molecular flexibility index (Phi) is 2.14. The molecule has 1 atom stereocenters. The van der Waals surface area contributed by atoms with E-state index < -0.39 is 11.2 Å². The van der Waals surface area contributed by atoms with Gasteiger partial charge >= 0.3 is 0 Å². The third-order valence-corrected chi connectivity index (χ3v) is 1.96. The lowest BCUT2D eigenvalue weighted by atomic mass is 10.4. The van der Waals surface area contributed by atoms with E-state index >= 15 is 0 Å². The maximum atomic E-state index is 10.7. The highest BCUT2D eigenvalue weighted by molar-refractivity contribution is 7.90. The van der Waals surface area contributed by atoms with Gasteiger partial charge in [0.1, 0.15) is 6.26 Å². The Labute approximate surface area is 57.9 Å². The van der Waals surface area contributed by atoms with Gasteiger partial charge in [-0.3, -0.25) is 0 Å². The van der Waals surface area contributed by atoms with Gasteiger partial charge in [0.25, 0.3) is 0 Å². The second kappa shape index (κ2) is 2.90. The van der Waals surface area contributed by atoms with Crippen LogP contribution in [0.4, 0.5) is 0 Å². The first-order valence-corrected chi connectivity index (χ1v) is 4.16. The molecule has 0 saturated heterocycles. The summed E-state index contributed by atoms with van der Waals surface area (Å²) in [6.45, 7) is 0. The van der Waals surface area contributed by atoms with Gasteiger partial charge in [0.05, 0.1) is 0 Å². The molecule has 0 bridgehead atoms. The fourth-order valence-electron chi connectivity index (χ4n) is 0.563. The van der Waals surface area contributed by atoms with Crippen molar-refractivity contribution in [2.75, 3.05) is 6.26 Å². The van der Waals surface area contributed by atoms with Crippen LogP contribution in [-0.4, -0.2) is 10.8 Å². The smallest absolute Gasteiger partial charge is 0.152 e. The van der Waals surface area contributed by atoms with Crippen molar-refractivity contribution >= 4 is 11.2 Å². The molecule has 1 aromatic carbocycles. The first-order chi connectivity index (χ1) is 4.30. The maximum Gasteiger partial charge on any atom is 0.152 e. The molecule has 2 heteroatoms. The highest BCUT2D eigenvalue weighted by Crippen LogP contribution is 2.05. The minimum absolute atomic E-state index is 0.849. The van der Waals surface area contributed by atoms with E-state index in [1.54, 1.807) is 30.5 Å². The van der Waals surface area contributed by atoms with Crippen LogP contribution in [0.1, 0.15) is 0 Å². The van der Waals surface area contributed by atoms with Crippen molar-refractivity contribution in [1.82, 2.24) is 0 Å². The van der Waals surface area contributed by atoms with Crippen LogP contribution < -0.4 is 0 Å². The lowest BCUT2D eigenvalue weighted by Gasteiger charge is -2.00. The lowest BCUT2D eigenvalue weighted by Crippen LogP contribution is -1.95. The molecule has 0 aliphatic carbocycles. The SMILES string of the molecule is C[S+]([O-])c1cc[c]cc1. The van der Waals surface area contributed by atoms with Crippen LogP contribution >= 0.6 is 0 Å². The quantitative estimate of drug-likeness (QED) is 0.536. The zero-order valence-electron chi connectivity index (χ0n) is 5.13. The van der Waals surface area contributed by atoms with Gasteiger partial charge in [-0.05, 0) is 41.5 Å². The number of benzene rings is 1. The van der Waals surface area contributed by atoms with Gasteiger partial charge in [-0.25, -0.2) is 0 Å². The minimum Gasteiger partial charge on any atom is -0.612 e. The van der Waals surface area contributed by atoms with Crippen molar-refractivity contribution in [2.24, 2.45) is 0 Å². The first-order valence-electron chi connectivity index (χ1n) is 2.60. The molecule has 0 N–H and O–H groups in total. The fourth-order valence-corrected chi connectivity index (χ4v) is 1.08. The molecule has 0 amide bonds. The molecule has 0 aromatic heterocycles. The molecule has 0 fully saturated rings. The van der Waals surface area contributed by atoms with Gasteiger partial charge in [-0.15, -0.1) is 0 Å². The first kappa shape index (κ1) is 6.65. The van der Waals surface area contributed by atoms with Crippen LogP contribution in [0, 0.1) is 6.07 Å². The van der Waals surface area contributed by atoms with E-state index in [0.717, 1.165) is 4.90 Å². The van der Waals surface area contributed by atoms with Crippen LogP contribution in [0.25, 0.3) is 0 Å². The summed E-state index contributed by atoms with van der Waals surface area (Å²) in [6.07, 6.45) is 1.66. The average Bonchev–Trinajstić information content (AvgIpc) is 1.90. The van der Waals surface area contributed by atoms with Gasteiger partial charge in [0.15, 0.2) is 4.90 Å². The summed E-state index contributed by atoms with van der Waals surface area (Å²) in [5.41, 5.74) is 0. The Hall–Kier alpha value is -0.470. The minimum atomic E-state index is -0.849. The summed E-state index contributed by atoms with van der Waals surface area (Å²) in [5, 5.41) is 0. The molecule has 0 heterocycles. The van der Waals surface area contributed by atoms with E-state index in [9.17, 15) is 4.55 Å². The summed E-state index contributed by atoms with van der Waals surface area (Å²) in [7, 11) is 0. The van der Waals surface area contributed by atoms with E-state index in [1.807, 2.05) is 0 Å². The average molecular weight is 139 g/mol. The van der Waals surface area contributed by atoms with Crippen LogP contribution in [0.3, 0.4) is 0 Å². The van der Waals surface area contributed by atoms with E-state index in [1.165, 1.54) is 0 Å². The molecule has 0 spiro atoms. The molecule has 47 valence electrons. The second-order valence-corrected chi connectivity index (χ2v) is 3.07. The molecule has 1 nitrogen and oxygen atoms in total. The van der Waals surface area contributed by atoms with Crippen molar-refractivity contribution in [3.63, 3.8) is 0 Å². The predicted octanol–water partition coefficient (Wildman–Crippen LogP) is 1.22. The summed E-state index contributed by atoms with van der Waals surface area (Å²) < 4.78 is 10.7. The summed E-state index contributed by atoms with van der Waals surface area (Å²) in [4.78, 5) is 0.855. The summed E-state index contributed by atoms with van der Waals surface area (Å²) >= 11 is -0.849. The van der Waals surface area contributed by atoms with Crippen molar-refractivity contribution in [3.8, 4) is 0 Å². The molecule has 1 rings (SSSR count). The highest BCUT2D eigenvalue weighted by Gasteiger charge is 1.98. The molecule has 1 aromatic rings. The van der Waals surface area contributed by atoms with Crippen molar-refractivity contribution in [2.45, 2.75) is 4.90 Å². The van der Waals surface area contributed by atoms with Crippen LogP contribution in [0.2, 0.25) is 0 Å². The van der Waals surface area contributed by atoms with Crippen LogP contribution in [0.15, 0.2) is 29.2 Å². The number of rotatable bonds is 1. The van der Waals surface area contributed by atoms with Gasteiger partial charge in [0, 0.05) is 0 Å². The third kappa shape index (κ3) is 1.73. The highest BCUT2D eigenvalue weighted by atomic mass is 32.2. The molecular formula is C7H7OS. The Balaban J connectivity index is 2.85. The monoisotopic (exact) mass is 139 g/mol. The van der Waals surface area contributed by atoms with Gasteiger partial charge < -0.3 is 4.55 Å². The third-order valence-electron chi connectivity index (χ3n) is 1.02. The van der Waals surface area contributed by atoms with Crippen molar-refractivity contribution in [1.29, 1.82) is 0 Å². The molecule has 0 saturated carbocycles. The van der Waals surface area contributed by atoms with E-state index in [0.29, 0.717) is 0 Å². The fraction of sp³-hybridized carbons (Fsp3) is 0.143. The number of hydrogen-bond acceptors (Lipinski definition) is 1. The standard InChI is InChI=1S/C7H7OS/c1-9(8)7-5-3-2-4-6-7/h3-6H,1H3. The maximum absolute atomic E-state index is 10.7. The van der Waals surface area contributed by atoms with Gasteiger partial charge in [0.2, 0.25) is 0 Å². The predicted molar refractivity (Wildman–Crippen MR) is 37.6 cm³/mol. The van der Waals surface area contributed by atoms with Crippen LogP contribution in [-0.2, 0) is 11.2 Å². The van der Waals surface area contributed by atoms with Crippen molar-refractivity contribution < 1.29 is 4.55 Å². The summed E-state index contributed by atoms with van der Waals surface area (Å²) in [6, 6.07) is 9.98. The molecule has 9 heavy (non-hydrogen) atoms. The van der Waals surface area contributed by atoms with Crippen molar-refractivity contribution in [3.05, 3.63) is 30.3 Å². The van der Waals surface area contributed by atoms with E-state index in [2.05, 4.69) is 6.07 Å². The topological polar surface area (TPSA) is 23.1 Å². The Morgan fingerprint density at radius 1 is 1.44 bits per heavy atom. The number of hydrogen-bond donors (Lipinski definition) is 0. The largest absolute Gasteiger partial charge is 0.612 e. The second-order valence-electron chi connectivity index (χ2n) is 1.69. The zero-order valence-corrected chi connectivity index (χ0v) is 5.94. The normalized spacial score (nSPS) is 13.1. The zero-order chi connectivity index (χ0) is 6.69. The van der Waals surface area contributed by atoms with E-state index in [-0.39, 0.29) is 0 Å². The molecule has 0 aliphatic rings. The Morgan fingerprint density at radius 2 is 2.00 bits per heavy atom. The van der Waals surface area contributed by atoms with Gasteiger partial charge in [-0.2, -0.15) is 0 Å². The Bertz CT molecular complexity index is 172. The van der Waals surface area contributed by atoms with E-state index in [4.69, 9.17) is 0 Å². The Morgan fingerprint density at radius 3 is 2.33 bits per heavy atom.